The Bertz CT molecular complexity index is 1790. The second kappa shape index (κ2) is 12.1. The van der Waals surface area contributed by atoms with Crippen LogP contribution in [0.3, 0.4) is 0 Å². The molecule has 0 saturated carbocycles. The highest BCUT2D eigenvalue weighted by atomic mass is 35.5. The number of nitrogen functional groups attached to an aromatic ring is 1. The largest absolute Gasteiger partial charge is 0.443 e. The quantitative estimate of drug-likeness (QED) is 0.283. The van der Waals surface area contributed by atoms with Crippen LogP contribution in [0.5, 0.6) is 0 Å². The summed E-state index contributed by atoms with van der Waals surface area (Å²) in [5.41, 5.74) is 7.67. The number of nitrogens with two attached hydrogens (primary N) is 1. The Balaban J connectivity index is 1.34. The van der Waals surface area contributed by atoms with Crippen LogP contribution < -0.4 is 20.4 Å². The fraction of sp³-hybridized carbons (Fsp3) is 0.529. The molecule has 3 aliphatic rings. The Morgan fingerprint density at radius 3 is 2.38 bits per heavy atom. The smallest absolute Gasteiger partial charge is 0.425 e. The number of thiophene rings is 1. The van der Waals surface area contributed by atoms with Crippen molar-refractivity contribution in [3.05, 3.63) is 50.7 Å². The van der Waals surface area contributed by atoms with Crippen LogP contribution in [0.15, 0.2) is 18.3 Å². The number of aryl methyl sites for hydroxylation is 1. The molecule has 1 spiro atoms. The average molecular weight is 693 g/mol. The number of halogens is 1. The van der Waals surface area contributed by atoms with E-state index in [4.69, 9.17) is 36.8 Å². The molecule has 14 heteroatoms. The van der Waals surface area contributed by atoms with Gasteiger partial charge in [-0.3, -0.25) is 0 Å². The summed E-state index contributed by atoms with van der Waals surface area (Å²) in [7, 11) is 0. The van der Waals surface area contributed by atoms with Crippen molar-refractivity contribution >= 4 is 57.6 Å². The molecular formula is C34H41ClN8O4S. The number of carbonyl (C=O) groups excluding carboxylic acids is 2. The number of amides is 2. The molecule has 0 aromatic carbocycles. The maximum atomic E-state index is 13.5. The number of hydrogen-bond donors (Lipinski definition) is 1. The first-order chi connectivity index (χ1) is 22.5. The zero-order chi connectivity index (χ0) is 34.8. The van der Waals surface area contributed by atoms with Gasteiger partial charge in [0.1, 0.15) is 33.9 Å². The minimum atomic E-state index is -0.885. The summed E-state index contributed by atoms with van der Waals surface area (Å²) >= 11 is 8.15. The second-order valence-electron chi connectivity index (χ2n) is 14.7. The molecule has 1 unspecified atom stereocenters. The topological polar surface area (TPSA) is 151 Å². The van der Waals surface area contributed by atoms with Gasteiger partial charge in [-0.15, -0.1) is 11.3 Å². The molecule has 1 saturated heterocycles. The van der Waals surface area contributed by atoms with Crippen molar-refractivity contribution in [2.75, 3.05) is 40.1 Å². The molecule has 3 aromatic rings. The number of pyridine rings is 1. The molecule has 48 heavy (non-hydrogen) atoms. The third kappa shape index (κ3) is 6.12. The van der Waals surface area contributed by atoms with Gasteiger partial charge in [0, 0.05) is 47.3 Å². The first kappa shape index (κ1) is 33.7. The minimum Gasteiger partial charge on any atom is -0.443 e. The number of carbonyl (C=O) groups is 2. The Labute approximate surface area is 289 Å². The van der Waals surface area contributed by atoms with Crippen LogP contribution in [0.25, 0.3) is 0 Å². The van der Waals surface area contributed by atoms with E-state index in [1.165, 1.54) is 22.4 Å². The van der Waals surface area contributed by atoms with Crippen LogP contribution in [-0.4, -0.2) is 58.0 Å². The zero-order valence-corrected chi connectivity index (χ0v) is 30.0. The molecule has 1 fully saturated rings. The number of hydrogen-bond acceptors (Lipinski definition) is 12. The molecule has 2 amide bonds. The predicted octanol–water partition coefficient (Wildman–Crippen LogP) is 6.93. The Hall–Kier alpha value is -4.15. The standard InChI is InChI=1S/C34H41ClN8O4S/c1-19(20-10-8-14-38-26(20)43(30(44)46-32(2,3)4)31(45)47-33(5,6)7)42-15-9-11-21-27(39-29(35)40-28(21)42)41-17-34(18-41)13-12-23-24(34)22(16-36)25(37)48-23/h8,10,14,19H,9,11-13,15,17-18,37H2,1-7H3. The van der Waals surface area contributed by atoms with E-state index in [1.807, 2.05) is 13.0 Å². The van der Waals surface area contributed by atoms with E-state index in [9.17, 15) is 14.9 Å². The van der Waals surface area contributed by atoms with Gasteiger partial charge in [0.2, 0.25) is 5.28 Å². The van der Waals surface area contributed by atoms with Gasteiger partial charge in [-0.1, -0.05) is 6.07 Å². The first-order valence-electron chi connectivity index (χ1n) is 16.1. The fourth-order valence-corrected chi connectivity index (χ4v) is 8.29. The van der Waals surface area contributed by atoms with Gasteiger partial charge in [0.25, 0.3) is 0 Å². The van der Waals surface area contributed by atoms with Crippen molar-refractivity contribution < 1.29 is 19.1 Å². The van der Waals surface area contributed by atoms with Gasteiger partial charge in [-0.25, -0.2) is 24.5 Å². The summed E-state index contributed by atoms with van der Waals surface area (Å²) in [6, 6.07) is 5.56. The summed E-state index contributed by atoms with van der Waals surface area (Å²) in [6.45, 7) is 14.5. The molecular weight excluding hydrogens is 652 g/mol. The highest BCUT2D eigenvalue weighted by molar-refractivity contribution is 7.16. The summed E-state index contributed by atoms with van der Waals surface area (Å²) in [5.74, 6) is 1.61. The third-order valence-electron chi connectivity index (χ3n) is 8.90. The number of rotatable bonds is 4. The normalized spacial score (nSPS) is 17.2. The van der Waals surface area contributed by atoms with Crippen LogP contribution in [-0.2, 0) is 27.7 Å². The molecule has 0 radical (unpaired) electrons. The highest BCUT2D eigenvalue weighted by Gasteiger charge is 2.52. The van der Waals surface area contributed by atoms with E-state index in [0.717, 1.165) is 47.5 Å². The van der Waals surface area contributed by atoms with Crippen molar-refractivity contribution in [3.63, 3.8) is 0 Å². The average Bonchev–Trinajstić information content (AvgIpc) is 3.49. The first-order valence-corrected chi connectivity index (χ1v) is 17.3. The molecule has 5 heterocycles. The monoisotopic (exact) mass is 692 g/mol. The summed E-state index contributed by atoms with van der Waals surface area (Å²) in [4.78, 5) is 47.5. The van der Waals surface area contributed by atoms with Crippen molar-refractivity contribution in [3.8, 4) is 6.07 Å². The molecule has 2 N–H and O–H groups in total. The Kier molecular flexibility index (Phi) is 8.48. The number of nitriles is 1. The lowest BCUT2D eigenvalue weighted by molar-refractivity contribution is 0.0428. The molecule has 2 aliphatic heterocycles. The van der Waals surface area contributed by atoms with E-state index in [0.29, 0.717) is 41.6 Å². The number of fused-ring (bicyclic) bond motifs is 3. The van der Waals surface area contributed by atoms with E-state index >= 15 is 0 Å². The van der Waals surface area contributed by atoms with Crippen LogP contribution in [0.4, 0.5) is 32.0 Å². The Morgan fingerprint density at radius 2 is 1.75 bits per heavy atom. The maximum absolute atomic E-state index is 13.5. The summed E-state index contributed by atoms with van der Waals surface area (Å²) in [6.07, 6.45) is 3.24. The number of nitrogens with zero attached hydrogens (tertiary/aromatic N) is 7. The van der Waals surface area contributed by atoms with Gasteiger partial charge in [0.15, 0.2) is 5.82 Å². The molecule has 1 atom stereocenters. The van der Waals surface area contributed by atoms with Crippen molar-refractivity contribution in [1.29, 1.82) is 5.26 Å². The molecule has 12 nitrogen and oxygen atoms in total. The van der Waals surface area contributed by atoms with Crippen molar-refractivity contribution in [1.82, 2.24) is 15.0 Å². The fourth-order valence-electron chi connectivity index (χ4n) is 6.99. The van der Waals surface area contributed by atoms with Crippen LogP contribution in [0.2, 0.25) is 5.28 Å². The van der Waals surface area contributed by atoms with Crippen molar-refractivity contribution in [2.45, 2.75) is 96.8 Å². The van der Waals surface area contributed by atoms with Crippen LogP contribution >= 0.6 is 22.9 Å². The lowest BCUT2D eigenvalue weighted by atomic mass is 9.73. The van der Waals surface area contributed by atoms with E-state index in [1.54, 1.807) is 47.6 Å². The molecule has 6 rings (SSSR count). The molecule has 254 valence electrons. The Morgan fingerprint density at radius 1 is 1.10 bits per heavy atom. The highest BCUT2D eigenvalue weighted by Crippen LogP contribution is 2.53. The van der Waals surface area contributed by atoms with Gasteiger partial charge in [-0.2, -0.15) is 10.2 Å². The molecule has 0 bridgehead atoms. The number of imide groups is 1. The zero-order valence-electron chi connectivity index (χ0n) is 28.4. The van der Waals surface area contributed by atoms with E-state index < -0.39 is 23.4 Å². The summed E-state index contributed by atoms with van der Waals surface area (Å²) in [5, 5.41) is 10.6. The third-order valence-corrected chi connectivity index (χ3v) is 10.1. The lowest BCUT2D eigenvalue weighted by Crippen LogP contribution is -2.59. The van der Waals surface area contributed by atoms with E-state index in [-0.39, 0.29) is 22.6 Å². The van der Waals surface area contributed by atoms with Gasteiger partial charge in [0.05, 0.1) is 11.6 Å². The number of aromatic nitrogens is 3. The van der Waals surface area contributed by atoms with Gasteiger partial charge in [-0.05, 0) is 97.4 Å². The summed E-state index contributed by atoms with van der Waals surface area (Å²) < 4.78 is 11.3. The molecule has 1 aliphatic carbocycles. The minimum absolute atomic E-state index is 0.117. The van der Waals surface area contributed by atoms with Crippen LogP contribution in [0, 0.1) is 11.3 Å². The predicted molar refractivity (Wildman–Crippen MR) is 186 cm³/mol. The van der Waals surface area contributed by atoms with E-state index in [2.05, 4.69) is 20.9 Å². The molecule has 3 aromatic heterocycles. The maximum Gasteiger partial charge on any atom is 0.425 e. The lowest BCUT2D eigenvalue weighted by Gasteiger charge is -2.50. The SMILES string of the molecule is CC(c1cccnc1N(C(=O)OC(C)(C)C)C(=O)OC(C)(C)C)N1CCCc2c(N3CC4(CCc5sc(N)c(C#N)c54)C3)nc(Cl)nc21. The van der Waals surface area contributed by atoms with Gasteiger partial charge < -0.3 is 25.0 Å². The number of anilines is 4. The van der Waals surface area contributed by atoms with Crippen molar-refractivity contribution in [2.24, 2.45) is 0 Å². The second-order valence-corrected chi connectivity index (χ2v) is 16.2. The van der Waals surface area contributed by atoms with Gasteiger partial charge >= 0.3 is 12.2 Å². The number of ether oxygens (including phenoxy) is 2. The van der Waals surface area contributed by atoms with Crippen LogP contribution in [0.1, 0.15) is 94.5 Å².